The van der Waals surface area contributed by atoms with E-state index in [2.05, 4.69) is 62.5 Å². The van der Waals surface area contributed by atoms with Crippen LogP contribution in [-0.2, 0) is 27.9 Å². The minimum atomic E-state index is -4.28. The molecule has 0 aliphatic heterocycles. The Labute approximate surface area is 275 Å². The number of nitrogens with two attached hydrogens (primary N) is 1. The zero-order chi connectivity index (χ0) is 33.1. The average Bonchev–Trinajstić information content (AvgIpc) is 3.02. The maximum Gasteiger partial charge on any atom is 0.472 e. The number of carbonyl (C=O) groups is 1. The smallest absolute Gasteiger partial charge is 0.457 e. The van der Waals surface area contributed by atoms with Crippen molar-refractivity contribution in [1.29, 1.82) is 0 Å². The number of ether oxygens (including phenoxy) is 2. The summed E-state index contributed by atoms with van der Waals surface area (Å²) in [6, 6.07) is 0. The van der Waals surface area contributed by atoms with Crippen molar-refractivity contribution in [2.24, 2.45) is 5.73 Å². The first-order valence-electron chi connectivity index (χ1n) is 17.6. The van der Waals surface area contributed by atoms with Gasteiger partial charge in [-0.25, -0.2) is 4.57 Å². The summed E-state index contributed by atoms with van der Waals surface area (Å²) in [6.07, 6.45) is 36.9. The predicted octanol–water partition coefficient (Wildman–Crippen LogP) is 9.68. The Hall–Kier alpha value is -1.54. The lowest BCUT2D eigenvalue weighted by atomic mass is 10.1. The van der Waals surface area contributed by atoms with E-state index in [0.29, 0.717) is 6.61 Å². The monoisotopic (exact) mass is 655 g/mol. The van der Waals surface area contributed by atoms with Crippen LogP contribution >= 0.6 is 7.82 Å². The summed E-state index contributed by atoms with van der Waals surface area (Å²) in [4.78, 5) is 22.3. The number of hydrogen-bond donors (Lipinski definition) is 2. The van der Waals surface area contributed by atoms with Gasteiger partial charge in [0.25, 0.3) is 0 Å². The van der Waals surface area contributed by atoms with Crippen LogP contribution in [0.3, 0.4) is 0 Å². The lowest BCUT2D eigenvalue weighted by Crippen LogP contribution is -2.28. The number of esters is 1. The van der Waals surface area contributed by atoms with E-state index in [-0.39, 0.29) is 38.8 Å². The van der Waals surface area contributed by atoms with Gasteiger partial charge in [-0.3, -0.25) is 13.8 Å². The van der Waals surface area contributed by atoms with Gasteiger partial charge in [0, 0.05) is 19.6 Å². The summed E-state index contributed by atoms with van der Waals surface area (Å²) < 4.78 is 33.2. The van der Waals surface area contributed by atoms with Gasteiger partial charge >= 0.3 is 13.8 Å². The molecule has 2 atom stereocenters. The van der Waals surface area contributed by atoms with E-state index in [1.165, 1.54) is 57.8 Å². The van der Waals surface area contributed by atoms with Crippen molar-refractivity contribution in [3.63, 3.8) is 0 Å². The highest BCUT2D eigenvalue weighted by Gasteiger charge is 2.25. The number of phosphoric acid groups is 1. The van der Waals surface area contributed by atoms with Crippen LogP contribution in [0.1, 0.15) is 136 Å². The summed E-state index contributed by atoms with van der Waals surface area (Å²) >= 11 is 0. The van der Waals surface area contributed by atoms with E-state index in [0.717, 1.165) is 57.8 Å². The molecule has 0 aromatic heterocycles. The highest BCUT2D eigenvalue weighted by Crippen LogP contribution is 2.43. The van der Waals surface area contributed by atoms with Crippen LogP contribution in [0.15, 0.2) is 48.6 Å². The molecule has 0 fully saturated rings. The molecule has 0 aromatic carbocycles. The van der Waals surface area contributed by atoms with Crippen LogP contribution in [0, 0.1) is 0 Å². The maximum absolute atomic E-state index is 12.5. The van der Waals surface area contributed by atoms with Crippen LogP contribution in [0.5, 0.6) is 0 Å². The SMILES string of the molecule is CC/C=C\C/C=C\C/C=C\CCCCCC(=O)OC(COCCCCCCCC/C=C\CCCCC)COP(=O)(O)OCCN. The van der Waals surface area contributed by atoms with Gasteiger partial charge in [-0.15, -0.1) is 0 Å². The standard InChI is InChI=1S/C36H66NO7P/c1-3-5-7-9-11-13-15-17-19-21-23-25-27-29-36(38)44-35(34-43-45(39,40)42-32-30-37)33-41-31-28-26-24-22-20-18-16-14-12-10-8-6-4-2/h5,7,11-14,17,19,35H,3-4,6,8-10,15-16,18,20-34,37H2,1-2H3,(H,39,40)/b7-5-,13-11-,14-12-,19-17-. The van der Waals surface area contributed by atoms with Crippen molar-refractivity contribution < 1.29 is 32.8 Å². The molecule has 0 saturated carbocycles. The largest absolute Gasteiger partial charge is 0.472 e. The quantitative estimate of drug-likeness (QED) is 0.0311. The van der Waals surface area contributed by atoms with Gasteiger partial charge in [0.1, 0.15) is 6.10 Å². The molecule has 2 unspecified atom stereocenters. The molecule has 0 radical (unpaired) electrons. The van der Waals surface area contributed by atoms with E-state index < -0.39 is 13.9 Å². The second-order valence-corrected chi connectivity index (χ2v) is 12.8. The van der Waals surface area contributed by atoms with E-state index >= 15 is 0 Å². The number of unbranched alkanes of at least 4 members (excludes halogenated alkanes) is 12. The van der Waals surface area contributed by atoms with Crippen LogP contribution < -0.4 is 5.73 Å². The van der Waals surface area contributed by atoms with Gasteiger partial charge in [-0.2, -0.15) is 0 Å². The highest BCUT2D eigenvalue weighted by molar-refractivity contribution is 7.47. The lowest BCUT2D eigenvalue weighted by Gasteiger charge is -2.20. The molecular formula is C36H66NO7P. The maximum atomic E-state index is 12.5. The first-order valence-corrected chi connectivity index (χ1v) is 19.1. The molecule has 0 bridgehead atoms. The Morgan fingerprint density at radius 3 is 1.89 bits per heavy atom. The van der Waals surface area contributed by atoms with Gasteiger partial charge in [-0.05, 0) is 70.6 Å². The van der Waals surface area contributed by atoms with Crippen molar-refractivity contribution in [3.8, 4) is 0 Å². The Bertz CT molecular complexity index is 828. The fourth-order valence-electron chi connectivity index (χ4n) is 4.41. The number of hydrogen-bond acceptors (Lipinski definition) is 7. The minimum Gasteiger partial charge on any atom is -0.457 e. The average molecular weight is 656 g/mol. The van der Waals surface area contributed by atoms with Crippen LogP contribution in [0.2, 0.25) is 0 Å². The van der Waals surface area contributed by atoms with Crippen LogP contribution in [-0.4, -0.2) is 49.9 Å². The summed E-state index contributed by atoms with van der Waals surface area (Å²) in [5.74, 6) is -0.364. The third-order valence-corrected chi connectivity index (χ3v) is 7.96. The van der Waals surface area contributed by atoms with E-state index in [1.54, 1.807) is 0 Å². The number of allylic oxidation sites excluding steroid dienone is 8. The molecule has 0 amide bonds. The second-order valence-electron chi connectivity index (χ2n) is 11.3. The summed E-state index contributed by atoms with van der Waals surface area (Å²) in [5, 5.41) is 0. The summed E-state index contributed by atoms with van der Waals surface area (Å²) in [7, 11) is -4.28. The van der Waals surface area contributed by atoms with Gasteiger partial charge in [0.15, 0.2) is 0 Å². The fourth-order valence-corrected chi connectivity index (χ4v) is 5.18. The van der Waals surface area contributed by atoms with Crippen LogP contribution in [0.25, 0.3) is 0 Å². The highest BCUT2D eigenvalue weighted by atomic mass is 31.2. The van der Waals surface area contributed by atoms with Gasteiger partial charge in [0.2, 0.25) is 0 Å². The molecule has 0 aliphatic rings. The Morgan fingerprint density at radius 2 is 1.24 bits per heavy atom. The number of carbonyl (C=O) groups excluding carboxylic acids is 1. The zero-order valence-corrected chi connectivity index (χ0v) is 29.5. The molecule has 3 N–H and O–H groups in total. The third kappa shape index (κ3) is 33.6. The summed E-state index contributed by atoms with van der Waals surface area (Å²) in [6.45, 7) is 4.70. The molecule has 9 heteroatoms. The molecule has 0 rings (SSSR count). The molecule has 0 spiro atoms. The van der Waals surface area contributed by atoms with Crippen LogP contribution in [0.4, 0.5) is 0 Å². The first-order chi connectivity index (χ1) is 21.9. The number of phosphoric ester groups is 1. The molecule has 0 aliphatic carbocycles. The predicted molar refractivity (Wildman–Crippen MR) is 187 cm³/mol. The Morgan fingerprint density at radius 1 is 0.689 bits per heavy atom. The van der Waals surface area contributed by atoms with Gasteiger partial charge in [-0.1, -0.05) is 107 Å². The molecular weight excluding hydrogens is 589 g/mol. The van der Waals surface area contributed by atoms with E-state index in [9.17, 15) is 14.3 Å². The molecule has 0 heterocycles. The van der Waals surface area contributed by atoms with Gasteiger partial charge < -0.3 is 20.1 Å². The zero-order valence-electron chi connectivity index (χ0n) is 28.6. The van der Waals surface area contributed by atoms with E-state index in [4.69, 9.17) is 24.3 Å². The van der Waals surface area contributed by atoms with Crippen molar-refractivity contribution >= 4 is 13.8 Å². The number of rotatable bonds is 33. The second kappa shape index (κ2) is 33.8. The Balaban J connectivity index is 4.20. The lowest BCUT2D eigenvalue weighted by molar-refractivity contribution is -0.154. The first kappa shape index (κ1) is 43.5. The minimum absolute atomic E-state index is 0.0926. The van der Waals surface area contributed by atoms with E-state index in [1.807, 2.05) is 0 Å². The Kier molecular flexibility index (Phi) is 32.7. The topological polar surface area (TPSA) is 117 Å². The van der Waals surface area contributed by atoms with Crippen molar-refractivity contribution in [3.05, 3.63) is 48.6 Å². The summed E-state index contributed by atoms with van der Waals surface area (Å²) in [5.41, 5.74) is 5.34. The molecule has 262 valence electrons. The third-order valence-electron chi connectivity index (χ3n) is 6.98. The van der Waals surface area contributed by atoms with Crippen molar-refractivity contribution in [2.75, 3.05) is 33.0 Å². The van der Waals surface area contributed by atoms with Gasteiger partial charge in [0.05, 0.1) is 19.8 Å². The van der Waals surface area contributed by atoms with Crippen molar-refractivity contribution in [1.82, 2.24) is 0 Å². The normalized spacial score (nSPS) is 14.3. The fraction of sp³-hybridized carbons (Fsp3) is 0.750. The molecule has 8 nitrogen and oxygen atoms in total. The molecule has 0 saturated heterocycles. The van der Waals surface area contributed by atoms with Crippen molar-refractivity contribution in [2.45, 2.75) is 142 Å². The molecule has 0 aromatic rings. The molecule has 45 heavy (non-hydrogen) atoms.